The highest BCUT2D eigenvalue weighted by Crippen LogP contribution is 2.13. The molecule has 0 saturated carbocycles. The van der Waals surface area contributed by atoms with E-state index in [0.29, 0.717) is 23.4 Å². The number of Topliss-reactive ketones (excluding diaryl/α,β-unsaturated/α-hetero) is 1. The van der Waals surface area contributed by atoms with Crippen LogP contribution in [0, 0.1) is 5.95 Å². The molecule has 0 spiro atoms. The van der Waals surface area contributed by atoms with E-state index in [2.05, 4.69) is 4.98 Å². The molecule has 0 aliphatic carbocycles. The van der Waals surface area contributed by atoms with Crippen molar-refractivity contribution in [3.8, 4) is 0 Å². The van der Waals surface area contributed by atoms with Crippen LogP contribution in [-0.2, 0) is 11.2 Å². The smallest absolute Gasteiger partial charge is 0.216 e. The van der Waals surface area contributed by atoms with Gasteiger partial charge in [0.15, 0.2) is 0 Å². The molecule has 70 valence electrons. The minimum Gasteiger partial charge on any atom is -0.300 e. The molecule has 0 radical (unpaired) electrons. The maximum Gasteiger partial charge on any atom is 0.216 e. The van der Waals surface area contributed by atoms with Crippen molar-refractivity contribution in [2.75, 3.05) is 0 Å². The molecule has 0 bridgehead atoms. The number of halogens is 2. The van der Waals surface area contributed by atoms with Crippen LogP contribution in [0.5, 0.6) is 0 Å². The molecule has 0 aromatic carbocycles. The molecule has 0 aliphatic heterocycles. The second kappa shape index (κ2) is 4.33. The number of aryl methyl sites for hydroxylation is 1. The zero-order valence-electron chi connectivity index (χ0n) is 7.18. The number of ketones is 1. The molecular formula is C9H9ClFNO. The lowest BCUT2D eigenvalue weighted by atomic mass is 10.1. The number of hydrogen-bond acceptors (Lipinski definition) is 2. The molecule has 2 nitrogen and oxygen atoms in total. The molecular weight excluding hydrogens is 193 g/mol. The maximum atomic E-state index is 12.9. The number of rotatable bonds is 3. The molecule has 4 heteroatoms. The van der Waals surface area contributed by atoms with Gasteiger partial charge >= 0.3 is 0 Å². The molecule has 1 rings (SSSR count). The summed E-state index contributed by atoms with van der Waals surface area (Å²) in [5, 5.41) is 0.389. The monoisotopic (exact) mass is 201 g/mol. The average molecular weight is 202 g/mol. The fourth-order valence-corrected chi connectivity index (χ4v) is 1.13. The van der Waals surface area contributed by atoms with Crippen LogP contribution in [0.4, 0.5) is 4.39 Å². The molecule has 0 amide bonds. The van der Waals surface area contributed by atoms with Gasteiger partial charge in [0.25, 0.3) is 0 Å². The highest BCUT2D eigenvalue weighted by molar-refractivity contribution is 6.30. The SMILES string of the molecule is CC(=O)CCc1cc(Cl)cnc1F. The Balaban J connectivity index is 2.75. The third-order valence-corrected chi connectivity index (χ3v) is 1.83. The normalized spacial score (nSPS) is 10.1. The summed E-state index contributed by atoms with van der Waals surface area (Å²) in [5.41, 5.74) is 0.391. The highest BCUT2D eigenvalue weighted by Gasteiger charge is 2.05. The number of hydrogen-bond donors (Lipinski definition) is 0. The first-order chi connectivity index (χ1) is 6.09. The van der Waals surface area contributed by atoms with Crippen molar-refractivity contribution < 1.29 is 9.18 Å². The molecule has 0 N–H and O–H groups in total. The van der Waals surface area contributed by atoms with E-state index in [0.717, 1.165) is 0 Å². The highest BCUT2D eigenvalue weighted by atomic mass is 35.5. The Morgan fingerprint density at radius 3 is 3.00 bits per heavy atom. The van der Waals surface area contributed by atoms with E-state index < -0.39 is 5.95 Å². The van der Waals surface area contributed by atoms with Crippen LogP contribution >= 0.6 is 11.6 Å². The van der Waals surface area contributed by atoms with Gasteiger partial charge in [-0.25, -0.2) is 4.98 Å². The molecule has 0 fully saturated rings. The zero-order chi connectivity index (χ0) is 9.84. The van der Waals surface area contributed by atoms with Gasteiger partial charge in [0.05, 0.1) is 5.02 Å². The van der Waals surface area contributed by atoms with Crippen LogP contribution in [0.15, 0.2) is 12.3 Å². The first-order valence-corrected chi connectivity index (χ1v) is 4.26. The molecule has 13 heavy (non-hydrogen) atoms. The fourth-order valence-electron chi connectivity index (χ4n) is 0.951. The summed E-state index contributed by atoms with van der Waals surface area (Å²) >= 11 is 5.62. The fraction of sp³-hybridized carbons (Fsp3) is 0.333. The van der Waals surface area contributed by atoms with E-state index in [-0.39, 0.29) is 5.78 Å². The summed E-state index contributed by atoms with van der Waals surface area (Å²) in [6, 6.07) is 1.49. The second-order valence-corrected chi connectivity index (χ2v) is 3.24. The van der Waals surface area contributed by atoms with Crippen LogP contribution < -0.4 is 0 Å². The van der Waals surface area contributed by atoms with Crippen molar-refractivity contribution in [1.29, 1.82) is 0 Å². The van der Waals surface area contributed by atoms with E-state index >= 15 is 0 Å². The van der Waals surface area contributed by atoms with Crippen LogP contribution in [-0.4, -0.2) is 10.8 Å². The molecule has 0 aliphatic rings. The Labute approximate surface area is 80.7 Å². The van der Waals surface area contributed by atoms with E-state index in [1.54, 1.807) is 0 Å². The summed E-state index contributed by atoms with van der Waals surface area (Å²) in [7, 11) is 0. The van der Waals surface area contributed by atoms with Crippen molar-refractivity contribution in [1.82, 2.24) is 4.98 Å². The van der Waals surface area contributed by atoms with Gasteiger partial charge in [-0.05, 0) is 19.4 Å². The summed E-state index contributed by atoms with van der Waals surface area (Å²) in [4.78, 5) is 14.1. The number of carbonyl (C=O) groups excluding carboxylic acids is 1. The summed E-state index contributed by atoms with van der Waals surface area (Å²) < 4.78 is 12.9. The predicted molar refractivity (Wildman–Crippen MR) is 48.2 cm³/mol. The van der Waals surface area contributed by atoms with Gasteiger partial charge < -0.3 is 4.79 Å². The Kier molecular flexibility index (Phi) is 3.37. The van der Waals surface area contributed by atoms with Crippen LogP contribution in [0.3, 0.4) is 0 Å². The van der Waals surface area contributed by atoms with E-state index in [1.165, 1.54) is 19.2 Å². The van der Waals surface area contributed by atoms with Crippen molar-refractivity contribution in [3.05, 3.63) is 28.8 Å². The Morgan fingerprint density at radius 2 is 2.38 bits per heavy atom. The molecule has 1 heterocycles. The molecule has 1 aromatic rings. The van der Waals surface area contributed by atoms with Gasteiger partial charge in [-0.3, -0.25) is 0 Å². The topological polar surface area (TPSA) is 30.0 Å². The molecule has 0 atom stereocenters. The minimum atomic E-state index is -0.550. The van der Waals surface area contributed by atoms with E-state index in [1.807, 2.05) is 0 Å². The first-order valence-electron chi connectivity index (χ1n) is 3.89. The maximum absolute atomic E-state index is 12.9. The quantitative estimate of drug-likeness (QED) is 0.703. The lowest BCUT2D eigenvalue weighted by molar-refractivity contribution is -0.116. The molecule has 1 aromatic heterocycles. The Morgan fingerprint density at radius 1 is 1.69 bits per heavy atom. The van der Waals surface area contributed by atoms with Crippen molar-refractivity contribution in [2.24, 2.45) is 0 Å². The standard InChI is InChI=1S/C9H9ClFNO/c1-6(13)2-3-7-4-8(10)5-12-9(7)11/h4-5H,2-3H2,1H3. The molecule has 0 unspecified atom stereocenters. The zero-order valence-corrected chi connectivity index (χ0v) is 7.94. The van der Waals surface area contributed by atoms with Gasteiger partial charge in [0.2, 0.25) is 5.95 Å². The lowest BCUT2D eigenvalue weighted by Crippen LogP contribution is -1.98. The van der Waals surface area contributed by atoms with E-state index in [9.17, 15) is 9.18 Å². The lowest BCUT2D eigenvalue weighted by Gasteiger charge is -2.00. The number of nitrogens with zero attached hydrogens (tertiary/aromatic N) is 1. The van der Waals surface area contributed by atoms with Gasteiger partial charge in [0.1, 0.15) is 5.78 Å². The van der Waals surface area contributed by atoms with Crippen molar-refractivity contribution in [2.45, 2.75) is 19.8 Å². The predicted octanol–water partition coefficient (Wildman–Crippen LogP) is 2.40. The van der Waals surface area contributed by atoms with Gasteiger partial charge in [-0.2, -0.15) is 4.39 Å². The summed E-state index contributed by atoms with van der Waals surface area (Å²) in [5.74, 6) is -0.523. The number of pyridine rings is 1. The third kappa shape index (κ3) is 3.11. The third-order valence-electron chi connectivity index (χ3n) is 1.62. The van der Waals surface area contributed by atoms with E-state index in [4.69, 9.17) is 11.6 Å². The second-order valence-electron chi connectivity index (χ2n) is 2.81. The average Bonchev–Trinajstić information content (AvgIpc) is 2.06. The summed E-state index contributed by atoms with van der Waals surface area (Å²) in [6.07, 6.45) is 1.92. The van der Waals surface area contributed by atoms with Gasteiger partial charge in [0, 0.05) is 18.2 Å². The van der Waals surface area contributed by atoms with Crippen LogP contribution in [0.1, 0.15) is 18.9 Å². The van der Waals surface area contributed by atoms with Crippen molar-refractivity contribution in [3.63, 3.8) is 0 Å². The van der Waals surface area contributed by atoms with Gasteiger partial charge in [-0.15, -0.1) is 0 Å². The number of carbonyl (C=O) groups is 1. The Hall–Kier alpha value is -0.960. The molecule has 0 saturated heterocycles. The minimum absolute atomic E-state index is 0.0272. The van der Waals surface area contributed by atoms with Crippen LogP contribution in [0.2, 0.25) is 5.02 Å². The number of aromatic nitrogens is 1. The Bertz CT molecular complexity index is 327. The van der Waals surface area contributed by atoms with Crippen LogP contribution in [0.25, 0.3) is 0 Å². The van der Waals surface area contributed by atoms with Gasteiger partial charge in [-0.1, -0.05) is 11.6 Å². The first kappa shape index (κ1) is 10.1. The summed E-state index contributed by atoms with van der Waals surface area (Å²) in [6.45, 7) is 1.47. The van der Waals surface area contributed by atoms with Crippen molar-refractivity contribution >= 4 is 17.4 Å². The largest absolute Gasteiger partial charge is 0.300 e.